The van der Waals surface area contributed by atoms with Crippen molar-refractivity contribution in [1.29, 1.82) is 0 Å². The number of hydrogen-bond donors (Lipinski definition) is 3. The predicted octanol–water partition coefficient (Wildman–Crippen LogP) is 4.65. The minimum absolute atomic E-state index is 0.216. The molecule has 0 aliphatic carbocycles. The maximum atomic E-state index is 12.2. The number of nitrogens with zero attached hydrogens (tertiary/aromatic N) is 3. The van der Waals surface area contributed by atoms with Gasteiger partial charge in [0.05, 0.1) is 37.2 Å². The van der Waals surface area contributed by atoms with Crippen molar-refractivity contribution < 1.29 is 23.9 Å². The van der Waals surface area contributed by atoms with Crippen molar-refractivity contribution in [2.75, 3.05) is 42.5 Å². The van der Waals surface area contributed by atoms with Crippen LogP contribution < -0.4 is 25.8 Å². The number of fused-ring (bicyclic) bond motifs is 1. The summed E-state index contributed by atoms with van der Waals surface area (Å²) in [6.45, 7) is 2.84. The van der Waals surface area contributed by atoms with Crippen LogP contribution in [0.2, 0.25) is 5.02 Å². The Kier molecular flexibility index (Phi) is 7.91. The lowest BCUT2D eigenvalue weighted by atomic mass is 10.1. The number of benzene rings is 2. The Balaban J connectivity index is 1.54. The van der Waals surface area contributed by atoms with Crippen LogP contribution in [0.25, 0.3) is 0 Å². The van der Waals surface area contributed by atoms with E-state index in [2.05, 4.69) is 25.9 Å². The minimum Gasteiger partial charge on any atom is -0.491 e. The van der Waals surface area contributed by atoms with E-state index in [0.29, 0.717) is 53.8 Å². The number of carbonyl (C=O) groups is 2. The summed E-state index contributed by atoms with van der Waals surface area (Å²) in [5, 5.41) is 10.6. The van der Waals surface area contributed by atoms with Gasteiger partial charge in [-0.3, -0.25) is 4.79 Å². The van der Waals surface area contributed by atoms with Crippen LogP contribution in [0.5, 0.6) is 5.75 Å². The molecule has 2 aromatic carbocycles. The summed E-state index contributed by atoms with van der Waals surface area (Å²) in [5.41, 5.74) is 2.23. The molecule has 12 heteroatoms. The summed E-state index contributed by atoms with van der Waals surface area (Å²) in [4.78, 5) is 38.0. The van der Waals surface area contributed by atoms with Gasteiger partial charge in [-0.2, -0.15) is 10.0 Å². The summed E-state index contributed by atoms with van der Waals surface area (Å²) >= 11 is 6.31. The van der Waals surface area contributed by atoms with Crippen LogP contribution in [0.4, 0.5) is 33.6 Å². The van der Waals surface area contributed by atoms with E-state index in [9.17, 15) is 9.59 Å². The number of amides is 1. The van der Waals surface area contributed by atoms with Crippen LogP contribution in [0.3, 0.4) is 0 Å². The van der Waals surface area contributed by atoms with Gasteiger partial charge < -0.3 is 30.3 Å². The molecule has 0 saturated carbocycles. The summed E-state index contributed by atoms with van der Waals surface area (Å²) in [6.07, 6.45) is 1.33. The highest BCUT2D eigenvalue weighted by Crippen LogP contribution is 2.35. The zero-order valence-corrected chi connectivity index (χ0v) is 20.5. The number of aromatic nitrogens is 2. The Hall–Kier alpha value is -4.25. The van der Waals surface area contributed by atoms with Gasteiger partial charge in [0.25, 0.3) is 5.91 Å². The van der Waals surface area contributed by atoms with Crippen LogP contribution >= 0.6 is 11.6 Å². The molecule has 1 aromatic heterocycles. The first-order valence-corrected chi connectivity index (χ1v) is 11.6. The van der Waals surface area contributed by atoms with Crippen molar-refractivity contribution in [2.45, 2.75) is 13.3 Å². The molecule has 3 aromatic rings. The van der Waals surface area contributed by atoms with Gasteiger partial charge in [0.1, 0.15) is 16.5 Å². The Morgan fingerprint density at radius 2 is 2.03 bits per heavy atom. The lowest BCUT2D eigenvalue weighted by molar-refractivity contribution is 0.0499. The van der Waals surface area contributed by atoms with Gasteiger partial charge in [0.15, 0.2) is 5.82 Å². The monoisotopic (exact) mass is 512 g/mol. The van der Waals surface area contributed by atoms with Gasteiger partial charge in [-0.05, 0) is 31.2 Å². The zero-order valence-electron chi connectivity index (χ0n) is 19.7. The second kappa shape index (κ2) is 11.5. The Morgan fingerprint density at radius 3 is 2.83 bits per heavy atom. The van der Waals surface area contributed by atoms with Crippen molar-refractivity contribution in [3.63, 3.8) is 0 Å². The minimum atomic E-state index is -0.778. The zero-order chi connectivity index (χ0) is 25.5. The van der Waals surface area contributed by atoms with Crippen molar-refractivity contribution in [2.24, 2.45) is 0 Å². The third kappa shape index (κ3) is 5.87. The second-order valence-corrected chi connectivity index (χ2v) is 7.93. The summed E-state index contributed by atoms with van der Waals surface area (Å²) < 4.78 is 10.7. The maximum absolute atomic E-state index is 12.2. The molecule has 11 nitrogen and oxygen atoms in total. The number of halogens is 1. The number of ether oxygens (including phenoxy) is 2. The molecule has 2 heterocycles. The fourth-order valence-electron chi connectivity index (χ4n) is 3.45. The fraction of sp³-hybridized carbons (Fsp3) is 0.250. The van der Waals surface area contributed by atoms with E-state index in [4.69, 9.17) is 25.9 Å². The molecule has 0 fully saturated rings. The lowest BCUT2D eigenvalue weighted by Crippen LogP contribution is -2.28. The van der Waals surface area contributed by atoms with E-state index < -0.39 is 6.16 Å². The summed E-state index contributed by atoms with van der Waals surface area (Å²) in [5.74, 6) is 0.874. The van der Waals surface area contributed by atoms with E-state index >= 15 is 0 Å². The molecular weight excluding hydrogens is 488 g/mol. The molecule has 0 bridgehead atoms. The molecular formula is C24H25ClN6O5. The number of para-hydroxylation sites is 1. The number of rotatable bonds is 7. The van der Waals surface area contributed by atoms with E-state index in [1.807, 2.05) is 0 Å². The average Bonchev–Trinajstić information content (AvgIpc) is 3.07. The SMILES string of the molecule is CCOC(=O)ON1CCCOc2cc(Nc3ncc(Cl)c(Nc4ccccc4C(=O)NC)n3)ccc21. The van der Waals surface area contributed by atoms with Crippen LogP contribution in [0.15, 0.2) is 48.7 Å². The normalized spacial score (nSPS) is 12.5. The number of nitrogens with one attached hydrogen (secondary N) is 3. The molecule has 4 rings (SSSR count). The van der Waals surface area contributed by atoms with Gasteiger partial charge in [0.2, 0.25) is 5.95 Å². The molecule has 0 spiro atoms. The van der Waals surface area contributed by atoms with Crippen LogP contribution in [0, 0.1) is 0 Å². The number of hydrogen-bond acceptors (Lipinski definition) is 10. The standard InChI is InChI=1S/C24H25ClN6O5/c1-3-34-24(33)36-31-11-6-12-35-20-13-15(9-10-19(20)31)28-23-27-14-17(25)21(30-23)29-18-8-5-4-7-16(18)22(32)26-2/h4-5,7-10,13-14H,3,6,11-12H2,1-2H3,(H,26,32)(H2,27,28,29,30). The Bertz CT molecular complexity index is 1260. The van der Waals surface area contributed by atoms with Gasteiger partial charge in [-0.15, -0.1) is 0 Å². The molecule has 1 amide bonds. The fourth-order valence-corrected chi connectivity index (χ4v) is 3.59. The van der Waals surface area contributed by atoms with Crippen LogP contribution in [-0.2, 0) is 9.57 Å². The predicted molar refractivity (Wildman–Crippen MR) is 135 cm³/mol. The molecule has 188 valence electrons. The third-order valence-electron chi connectivity index (χ3n) is 5.09. The molecule has 36 heavy (non-hydrogen) atoms. The largest absolute Gasteiger partial charge is 0.533 e. The quantitative estimate of drug-likeness (QED) is 0.385. The molecule has 0 radical (unpaired) electrons. The topological polar surface area (TPSA) is 127 Å². The average molecular weight is 513 g/mol. The Morgan fingerprint density at radius 1 is 1.19 bits per heavy atom. The first-order valence-electron chi connectivity index (χ1n) is 11.2. The molecule has 0 atom stereocenters. The van der Waals surface area contributed by atoms with Gasteiger partial charge >= 0.3 is 6.16 Å². The van der Waals surface area contributed by atoms with Gasteiger partial charge in [-0.25, -0.2) is 9.78 Å². The van der Waals surface area contributed by atoms with E-state index in [-0.39, 0.29) is 23.5 Å². The van der Waals surface area contributed by atoms with Crippen molar-refractivity contribution in [3.8, 4) is 5.75 Å². The van der Waals surface area contributed by atoms with Crippen LogP contribution in [-0.4, -0.2) is 48.8 Å². The van der Waals surface area contributed by atoms with E-state index in [0.717, 1.165) is 0 Å². The van der Waals surface area contributed by atoms with E-state index in [1.165, 1.54) is 11.3 Å². The highest BCUT2D eigenvalue weighted by molar-refractivity contribution is 6.33. The number of carbonyl (C=O) groups excluding carboxylic acids is 2. The third-order valence-corrected chi connectivity index (χ3v) is 5.37. The lowest BCUT2D eigenvalue weighted by Gasteiger charge is -2.21. The Labute approximate surface area is 212 Å². The molecule has 0 unspecified atom stereocenters. The number of hydroxylamine groups is 1. The first kappa shape index (κ1) is 24.9. The van der Waals surface area contributed by atoms with Crippen molar-refractivity contribution in [3.05, 3.63) is 59.2 Å². The van der Waals surface area contributed by atoms with Gasteiger partial charge in [0, 0.05) is 25.2 Å². The second-order valence-electron chi connectivity index (χ2n) is 7.53. The smallest absolute Gasteiger partial charge is 0.491 e. The first-order chi connectivity index (χ1) is 17.5. The molecule has 1 aliphatic rings. The maximum Gasteiger partial charge on any atom is 0.533 e. The molecule has 3 N–H and O–H groups in total. The highest BCUT2D eigenvalue weighted by atomic mass is 35.5. The van der Waals surface area contributed by atoms with Gasteiger partial charge in [-0.1, -0.05) is 23.7 Å². The van der Waals surface area contributed by atoms with Crippen molar-refractivity contribution in [1.82, 2.24) is 15.3 Å². The highest BCUT2D eigenvalue weighted by Gasteiger charge is 2.21. The summed E-state index contributed by atoms with van der Waals surface area (Å²) in [7, 11) is 1.56. The van der Waals surface area contributed by atoms with E-state index in [1.54, 1.807) is 56.4 Å². The number of anilines is 5. The van der Waals surface area contributed by atoms with Crippen molar-refractivity contribution >= 4 is 52.5 Å². The van der Waals surface area contributed by atoms with Crippen LogP contribution in [0.1, 0.15) is 23.7 Å². The summed E-state index contributed by atoms with van der Waals surface area (Å²) in [6, 6.07) is 12.3. The molecule has 1 aliphatic heterocycles. The molecule has 0 saturated heterocycles.